The molecule has 1 aliphatic heterocycles. The van der Waals surface area contributed by atoms with Crippen LogP contribution in [-0.2, 0) is 10.2 Å². The van der Waals surface area contributed by atoms with E-state index in [-0.39, 0.29) is 5.84 Å². The fourth-order valence-corrected chi connectivity index (χ4v) is 2.16. The Morgan fingerprint density at radius 2 is 2.14 bits per heavy atom. The Balaban J connectivity index is 2.68. The number of aryl methyl sites for hydroxylation is 1. The molecule has 0 unspecified atom stereocenters. The standard InChI is InChI=1S/C8H9N3O2S/c1-5-2-3-7-6(4-5)8(9)11-14(12,13)10-7/h2-4,10H,1H3,(H2,9,11). The highest BCUT2D eigenvalue weighted by Crippen LogP contribution is 2.22. The Morgan fingerprint density at radius 1 is 1.43 bits per heavy atom. The van der Waals surface area contributed by atoms with Gasteiger partial charge in [0.25, 0.3) is 0 Å². The number of nitrogens with zero attached hydrogens (tertiary/aromatic N) is 1. The number of rotatable bonds is 0. The molecule has 0 radical (unpaired) electrons. The van der Waals surface area contributed by atoms with Crippen LogP contribution in [0.25, 0.3) is 0 Å². The van der Waals surface area contributed by atoms with Crippen molar-refractivity contribution in [2.75, 3.05) is 4.72 Å². The highest BCUT2D eigenvalue weighted by atomic mass is 32.2. The maximum absolute atomic E-state index is 11.1. The quantitative estimate of drug-likeness (QED) is 0.650. The van der Waals surface area contributed by atoms with Crippen LogP contribution < -0.4 is 10.5 Å². The van der Waals surface area contributed by atoms with Crippen LogP contribution in [0, 0.1) is 6.92 Å². The number of benzene rings is 1. The van der Waals surface area contributed by atoms with Gasteiger partial charge < -0.3 is 5.73 Å². The first kappa shape index (κ1) is 9.01. The molecule has 14 heavy (non-hydrogen) atoms. The molecule has 1 heterocycles. The Kier molecular flexibility index (Phi) is 1.75. The predicted molar refractivity (Wildman–Crippen MR) is 54.4 cm³/mol. The lowest BCUT2D eigenvalue weighted by Crippen LogP contribution is -2.26. The third-order valence-electron chi connectivity index (χ3n) is 1.91. The summed E-state index contributed by atoms with van der Waals surface area (Å²) in [5.41, 5.74) is 7.62. The topological polar surface area (TPSA) is 84.5 Å². The third kappa shape index (κ3) is 1.44. The minimum absolute atomic E-state index is 0.0300. The van der Waals surface area contributed by atoms with Gasteiger partial charge in [0.2, 0.25) is 0 Å². The summed E-state index contributed by atoms with van der Waals surface area (Å²) in [6.45, 7) is 1.90. The van der Waals surface area contributed by atoms with E-state index in [2.05, 4.69) is 9.12 Å². The second-order valence-electron chi connectivity index (χ2n) is 3.10. The van der Waals surface area contributed by atoms with Crippen molar-refractivity contribution in [3.63, 3.8) is 0 Å². The average molecular weight is 211 g/mol. The lowest BCUT2D eigenvalue weighted by Gasteiger charge is -2.15. The third-order valence-corrected chi connectivity index (χ3v) is 2.82. The van der Waals surface area contributed by atoms with E-state index in [1.54, 1.807) is 18.2 Å². The van der Waals surface area contributed by atoms with Crippen LogP contribution in [0.3, 0.4) is 0 Å². The van der Waals surface area contributed by atoms with Crippen LogP contribution in [0.1, 0.15) is 11.1 Å². The van der Waals surface area contributed by atoms with Crippen LogP contribution in [0.2, 0.25) is 0 Å². The molecule has 1 aromatic rings. The van der Waals surface area contributed by atoms with Crippen molar-refractivity contribution >= 4 is 21.7 Å². The van der Waals surface area contributed by atoms with E-state index in [1.807, 2.05) is 6.92 Å². The van der Waals surface area contributed by atoms with Gasteiger partial charge in [0.1, 0.15) is 5.84 Å². The second kappa shape index (κ2) is 2.71. The van der Waals surface area contributed by atoms with Gasteiger partial charge in [-0.2, -0.15) is 8.42 Å². The minimum atomic E-state index is -3.65. The molecule has 2 rings (SSSR count). The monoisotopic (exact) mass is 211 g/mol. The molecule has 0 saturated carbocycles. The largest absolute Gasteiger partial charge is 0.382 e. The molecule has 5 nitrogen and oxygen atoms in total. The van der Waals surface area contributed by atoms with Crippen LogP contribution >= 0.6 is 0 Å². The van der Waals surface area contributed by atoms with Gasteiger partial charge in [0.15, 0.2) is 0 Å². The fraction of sp³-hybridized carbons (Fsp3) is 0.125. The van der Waals surface area contributed by atoms with Crippen molar-refractivity contribution in [2.24, 2.45) is 10.1 Å². The first-order valence-corrected chi connectivity index (χ1v) is 5.41. The molecular weight excluding hydrogens is 202 g/mol. The molecule has 1 aliphatic rings. The molecule has 0 bridgehead atoms. The lowest BCUT2D eigenvalue weighted by molar-refractivity contribution is 0.602. The van der Waals surface area contributed by atoms with Gasteiger partial charge in [-0.05, 0) is 19.1 Å². The summed E-state index contributed by atoms with van der Waals surface area (Å²) >= 11 is 0. The first-order chi connectivity index (χ1) is 6.48. The van der Waals surface area contributed by atoms with E-state index in [1.165, 1.54) is 0 Å². The van der Waals surface area contributed by atoms with Gasteiger partial charge in [0.05, 0.1) is 5.69 Å². The number of nitrogens with two attached hydrogens (primary N) is 1. The number of fused-ring (bicyclic) bond motifs is 1. The van der Waals surface area contributed by atoms with Crippen molar-refractivity contribution < 1.29 is 8.42 Å². The van der Waals surface area contributed by atoms with E-state index < -0.39 is 10.2 Å². The fourth-order valence-electron chi connectivity index (χ4n) is 1.30. The zero-order valence-corrected chi connectivity index (χ0v) is 8.30. The van der Waals surface area contributed by atoms with E-state index >= 15 is 0 Å². The number of nitrogens with one attached hydrogen (secondary N) is 1. The molecule has 74 valence electrons. The average Bonchev–Trinajstić information content (AvgIpc) is 2.05. The van der Waals surface area contributed by atoms with Crippen LogP contribution in [-0.4, -0.2) is 14.3 Å². The van der Waals surface area contributed by atoms with E-state index in [9.17, 15) is 8.42 Å². The molecular formula is C8H9N3O2S. The summed E-state index contributed by atoms with van der Waals surface area (Å²) in [7, 11) is -3.65. The molecule has 1 aromatic carbocycles. The molecule has 0 atom stereocenters. The predicted octanol–water partition coefficient (Wildman–Crippen LogP) is 0.371. The Bertz CT molecular complexity index is 519. The molecule has 3 N–H and O–H groups in total. The maximum atomic E-state index is 11.1. The van der Waals surface area contributed by atoms with Crippen molar-refractivity contribution in [3.05, 3.63) is 29.3 Å². The van der Waals surface area contributed by atoms with Crippen molar-refractivity contribution in [2.45, 2.75) is 6.92 Å². The van der Waals surface area contributed by atoms with Crippen LogP contribution in [0.5, 0.6) is 0 Å². The second-order valence-corrected chi connectivity index (χ2v) is 4.44. The normalized spacial score (nSPS) is 17.9. The van der Waals surface area contributed by atoms with E-state index in [0.717, 1.165) is 5.56 Å². The first-order valence-electron chi connectivity index (χ1n) is 3.97. The number of anilines is 1. The zero-order chi connectivity index (χ0) is 10.3. The van der Waals surface area contributed by atoms with Crippen molar-refractivity contribution in [1.82, 2.24) is 0 Å². The van der Waals surface area contributed by atoms with Gasteiger partial charge in [-0.3, -0.25) is 4.72 Å². The van der Waals surface area contributed by atoms with Gasteiger partial charge in [0, 0.05) is 5.56 Å². The molecule has 0 saturated heterocycles. The summed E-state index contributed by atoms with van der Waals surface area (Å²) in [5, 5.41) is 0. The number of hydrogen-bond donors (Lipinski definition) is 2. The van der Waals surface area contributed by atoms with E-state index in [0.29, 0.717) is 11.3 Å². The molecule has 6 heteroatoms. The van der Waals surface area contributed by atoms with Crippen molar-refractivity contribution in [3.8, 4) is 0 Å². The molecule has 0 aromatic heterocycles. The van der Waals surface area contributed by atoms with Crippen LogP contribution in [0.4, 0.5) is 5.69 Å². The summed E-state index contributed by atoms with van der Waals surface area (Å²) < 4.78 is 27.9. The molecule has 0 aliphatic carbocycles. The van der Waals surface area contributed by atoms with Gasteiger partial charge in [-0.25, -0.2) is 0 Å². The number of hydrogen-bond acceptors (Lipinski definition) is 3. The Hall–Kier alpha value is -1.56. The maximum Gasteiger partial charge on any atom is 0.344 e. The summed E-state index contributed by atoms with van der Waals surface area (Å²) in [4.78, 5) is 0. The number of amidine groups is 1. The lowest BCUT2D eigenvalue weighted by atomic mass is 10.1. The zero-order valence-electron chi connectivity index (χ0n) is 7.48. The SMILES string of the molecule is Cc1ccc2c(c1)C(N)=NS(=O)(=O)N2. The van der Waals surface area contributed by atoms with Crippen LogP contribution in [0.15, 0.2) is 22.6 Å². The molecule has 0 spiro atoms. The smallest absolute Gasteiger partial charge is 0.344 e. The van der Waals surface area contributed by atoms with Crippen molar-refractivity contribution in [1.29, 1.82) is 0 Å². The summed E-state index contributed by atoms with van der Waals surface area (Å²) in [5.74, 6) is 0.0300. The highest BCUT2D eigenvalue weighted by molar-refractivity contribution is 7.91. The summed E-state index contributed by atoms with van der Waals surface area (Å²) in [6.07, 6.45) is 0. The molecule has 0 amide bonds. The Morgan fingerprint density at radius 3 is 2.86 bits per heavy atom. The van der Waals surface area contributed by atoms with Gasteiger partial charge >= 0.3 is 10.2 Å². The van der Waals surface area contributed by atoms with Gasteiger partial charge in [-0.15, -0.1) is 4.40 Å². The Labute approximate surface area is 81.8 Å². The molecule has 0 fully saturated rings. The van der Waals surface area contributed by atoms with E-state index in [4.69, 9.17) is 5.73 Å². The highest BCUT2D eigenvalue weighted by Gasteiger charge is 2.20. The van der Waals surface area contributed by atoms with Gasteiger partial charge in [-0.1, -0.05) is 11.6 Å². The summed E-state index contributed by atoms with van der Waals surface area (Å²) in [6, 6.07) is 5.26. The minimum Gasteiger partial charge on any atom is -0.382 e.